The van der Waals surface area contributed by atoms with Gasteiger partial charge in [-0.2, -0.15) is 5.26 Å². The van der Waals surface area contributed by atoms with E-state index in [1.54, 1.807) is 29.6 Å². The summed E-state index contributed by atoms with van der Waals surface area (Å²) in [6.07, 6.45) is 0. The zero-order valence-electron chi connectivity index (χ0n) is 12.0. The highest BCUT2D eigenvalue weighted by Gasteiger charge is 2.29. The first kappa shape index (κ1) is 15.7. The van der Waals surface area contributed by atoms with Crippen molar-refractivity contribution in [2.24, 2.45) is 5.92 Å². The molecule has 6 heteroatoms. The van der Waals surface area contributed by atoms with Crippen molar-refractivity contribution in [3.63, 3.8) is 0 Å². The van der Waals surface area contributed by atoms with E-state index >= 15 is 0 Å². The Bertz CT molecular complexity index is 709. The monoisotopic (exact) mass is 315 g/mol. The second-order valence-corrected chi connectivity index (χ2v) is 5.32. The first-order valence-corrected chi connectivity index (χ1v) is 7.23. The van der Waals surface area contributed by atoms with Crippen LogP contribution < -0.4 is 9.47 Å². The number of ketones is 2. The minimum Gasteiger partial charge on any atom is -0.497 e. The third kappa shape index (κ3) is 3.15. The lowest BCUT2D eigenvalue weighted by molar-refractivity contribution is 0.0848. The number of hydrogen-bond donors (Lipinski definition) is 0. The molecule has 0 N–H and O–H groups in total. The molecule has 1 atom stereocenters. The van der Waals surface area contributed by atoms with Gasteiger partial charge in [-0.25, -0.2) is 0 Å². The number of methoxy groups -OCH3 is 2. The number of hydrogen-bond acceptors (Lipinski definition) is 6. The second-order valence-electron chi connectivity index (χ2n) is 4.37. The van der Waals surface area contributed by atoms with Gasteiger partial charge in [0.15, 0.2) is 17.5 Å². The van der Waals surface area contributed by atoms with Crippen molar-refractivity contribution in [2.45, 2.75) is 0 Å². The molecule has 0 unspecified atom stereocenters. The third-order valence-electron chi connectivity index (χ3n) is 3.05. The summed E-state index contributed by atoms with van der Waals surface area (Å²) < 4.78 is 10.2. The number of nitriles is 1. The maximum absolute atomic E-state index is 12.5. The van der Waals surface area contributed by atoms with E-state index in [-0.39, 0.29) is 5.56 Å². The van der Waals surface area contributed by atoms with Gasteiger partial charge in [0.05, 0.1) is 25.2 Å². The standard InChI is InChI=1S/C16H13NO4S/c1-20-11-6-10(7-12(8-11)21-2)15(18)13(9-17)16(19)14-4-3-5-22-14/h3-8,13H,1-2H3/t13-/m0/s1. The molecule has 0 amide bonds. The van der Waals surface area contributed by atoms with Crippen LogP contribution >= 0.6 is 11.3 Å². The molecule has 1 heterocycles. The Balaban J connectivity index is 2.37. The number of thiophene rings is 1. The lowest BCUT2D eigenvalue weighted by Gasteiger charge is -2.10. The maximum Gasteiger partial charge on any atom is 0.197 e. The second kappa shape index (κ2) is 6.87. The van der Waals surface area contributed by atoms with E-state index in [9.17, 15) is 14.9 Å². The summed E-state index contributed by atoms with van der Waals surface area (Å²) in [7, 11) is 2.92. The summed E-state index contributed by atoms with van der Waals surface area (Å²) in [6.45, 7) is 0. The van der Waals surface area contributed by atoms with E-state index < -0.39 is 17.5 Å². The van der Waals surface area contributed by atoms with Crippen LogP contribution in [0.4, 0.5) is 0 Å². The van der Waals surface area contributed by atoms with Crippen LogP contribution in [0.1, 0.15) is 20.0 Å². The maximum atomic E-state index is 12.5. The molecule has 0 radical (unpaired) electrons. The predicted molar refractivity (Wildman–Crippen MR) is 81.6 cm³/mol. The van der Waals surface area contributed by atoms with Crippen molar-refractivity contribution in [1.82, 2.24) is 0 Å². The molecule has 0 aliphatic rings. The zero-order valence-corrected chi connectivity index (χ0v) is 12.8. The highest BCUT2D eigenvalue weighted by molar-refractivity contribution is 7.12. The number of ether oxygens (including phenoxy) is 2. The van der Waals surface area contributed by atoms with Gasteiger partial charge in [0, 0.05) is 11.6 Å². The van der Waals surface area contributed by atoms with Gasteiger partial charge in [-0.15, -0.1) is 11.3 Å². The molecular formula is C16H13NO4S. The summed E-state index contributed by atoms with van der Waals surface area (Å²) >= 11 is 1.20. The van der Waals surface area contributed by atoms with Crippen molar-refractivity contribution in [2.75, 3.05) is 14.2 Å². The first-order valence-electron chi connectivity index (χ1n) is 6.35. The number of Topliss-reactive ketones (excluding diaryl/α,β-unsaturated/α-hetero) is 2. The van der Waals surface area contributed by atoms with Crippen LogP contribution in [0.2, 0.25) is 0 Å². The summed E-state index contributed by atoms with van der Waals surface area (Å²) in [5.41, 5.74) is 0.202. The van der Waals surface area contributed by atoms with E-state index in [0.717, 1.165) is 0 Å². The number of rotatable bonds is 6. The highest BCUT2D eigenvalue weighted by atomic mass is 32.1. The smallest absolute Gasteiger partial charge is 0.197 e. The van der Waals surface area contributed by atoms with Crippen molar-refractivity contribution in [1.29, 1.82) is 5.26 Å². The van der Waals surface area contributed by atoms with Crippen molar-refractivity contribution >= 4 is 22.9 Å². The summed E-state index contributed by atoms with van der Waals surface area (Å²) in [5.74, 6) is -1.61. The number of benzene rings is 1. The predicted octanol–water partition coefficient (Wildman–Crippen LogP) is 2.97. The van der Waals surface area contributed by atoms with Crippen molar-refractivity contribution in [3.8, 4) is 17.6 Å². The fourth-order valence-electron chi connectivity index (χ4n) is 1.91. The summed E-state index contributed by atoms with van der Waals surface area (Å²) in [4.78, 5) is 25.1. The van der Waals surface area contributed by atoms with Crippen LogP contribution in [0.5, 0.6) is 11.5 Å². The Morgan fingerprint density at radius 1 is 1.14 bits per heavy atom. The molecule has 0 aliphatic heterocycles. The van der Waals surface area contributed by atoms with Crippen LogP contribution in [-0.4, -0.2) is 25.8 Å². The molecule has 0 fully saturated rings. The fraction of sp³-hybridized carbons (Fsp3) is 0.188. The molecule has 0 bridgehead atoms. The first-order chi connectivity index (χ1) is 10.6. The van der Waals surface area contributed by atoms with Gasteiger partial charge in [-0.05, 0) is 23.6 Å². The Hall–Kier alpha value is -2.65. The van der Waals surface area contributed by atoms with E-state index in [2.05, 4.69) is 0 Å². The Kier molecular flexibility index (Phi) is 4.92. The van der Waals surface area contributed by atoms with Gasteiger partial charge in [0.2, 0.25) is 0 Å². The van der Waals surface area contributed by atoms with Gasteiger partial charge in [0.25, 0.3) is 0 Å². The molecule has 1 aromatic carbocycles. The van der Waals surface area contributed by atoms with Crippen LogP contribution in [0.25, 0.3) is 0 Å². The molecule has 112 valence electrons. The number of nitrogens with zero attached hydrogens (tertiary/aromatic N) is 1. The highest BCUT2D eigenvalue weighted by Crippen LogP contribution is 2.25. The van der Waals surface area contributed by atoms with Gasteiger partial charge >= 0.3 is 0 Å². The summed E-state index contributed by atoms with van der Waals surface area (Å²) in [6, 6.07) is 9.66. The van der Waals surface area contributed by atoms with Crippen LogP contribution in [0.15, 0.2) is 35.7 Å². The molecule has 1 aromatic heterocycles. The minimum absolute atomic E-state index is 0.202. The average molecular weight is 315 g/mol. The quantitative estimate of drug-likeness (QED) is 0.605. The van der Waals surface area contributed by atoms with Crippen molar-refractivity contribution in [3.05, 3.63) is 46.2 Å². The number of carbonyl (C=O) groups is 2. The molecule has 0 aliphatic carbocycles. The van der Waals surface area contributed by atoms with Crippen LogP contribution in [0.3, 0.4) is 0 Å². The van der Waals surface area contributed by atoms with E-state index in [0.29, 0.717) is 16.4 Å². The largest absolute Gasteiger partial charge is 0.497 e. The minimum atomic E-state index is -1.38. The Labute approximate surface area is 131 Å². The molecular weight excluding hydrogens is 302 g/mol. The Morgan fingerprint density at radius 3 is 2.23 bits per heavy atom. The van der Waals surface area contributed by atoms with Crippen molar-refractivity contribution < 1.29 is 19.1 Å². The lowest BCUT2D eigenvalue weighted by atomic mass is 9.94. The third-order valence-corrected chi connectivity index (χ3v) is 3.94. The topological polar surface area (TPSA) is 76.4 Å². The fourth-order valence-corrected chi connectivity index (χ4v) is 2.61. The van der Waals surface area contributed by atoms with Crippen LogP contribution in [-0.2, 0) is 0 Å². The van der Waals surface area contributed by atoms with E-state index in [4.69, 9.17) is 9.47 Å². The molecule has 0 saturated heterocycles. The van der Waals surface area contributed by atoms with Gasteiger partial charge in [-0.3, -0.25) is 9.59 Å². The van der Waals surface area contributed by atoms with Gasteiger partial charge < -0.3 is 9.47 Å². The van der Waals surface area contributed by atoms with E-state index in [1.165, 1.54) is 37.7 Å². The lowest BCUT2D eigenvalue weighted by Crippen LogP contribution is -2.22. The van der Waals surface area contributed by atoms with Gasteiger partial charge in [0.1, 0.15) is 11.5 Å². The molecule has 0 spiro atoms. The zero-order chi connectivity index (χ0) is 16.1. The summed E-state index contributed by atoms with van der Waals surface area (Å²) in [5, 5.41) is 11.0. The molecule has 0 saturated carbocycles. The van der Waals surface area contributed by atoms with Gasteiger partial charge in [-0.1, -0.05) is 6.07 Å². The molecule has 2 aromatic rings. The number of carbonyl (C=O) groups excluding carboxylic acids is 2. The normalized spacial score (nSPS) is 11.3. The molecule has 2 rings (SSSR count). The Morgan fingerprint density at radius 2 is 1.77 bits per heavy atom. The average Bonchev–Trinajstić information content (AvgIpc) is 3.09. The molecule has 22 heavy (non-hydrogen) atoms. The molecule has 5 nitrogen and oxygen atoms in total. The SMILES string of the molecule is COc1cc(OC)cc(C(=O)[C@H](C#N)C(=O)c2cccs2)c1. The van der Waals surface area contributed by atoms with Crippen LogP contribution in [0, 0.1) is 17.2 Å². The van der Waals surface area contributed by atoms with E-state index in [1.807, 2.05) is 0 Å².